The average Bonchev–Trinajstić information content (AvgIpc) is 3.12. The molecule has 3 amide bonds. The third kappa shape index (κ3) is 6.54. The van der Waals surface area contributed by atoms with Crippen LogP contribution in [0.5, 0.6) is 0 Å². The second-order valence-electron chi connectivity index (χ2n) is 7.76. The van der Waals surface area contributed by atoms with Crippen LogP contribution < -0.4 is 21.7 Å². The maximum atomic E-state index is 13.0. The van der Waals surface area contributed by atoms with E-state index >= 15 is 0 Å². The average molecular weight is 431 g/mol. The summed E-state index contributed by atoms with van der Waals surface area (Å²) in [6.07, 6.45) is 1.94. The van der Waals surface area contributed by atoms with Crippen molar-refractivity contribution in [1.29, 1.82) is 0 Å². The van der Waals surface area contributed by atoms with E-state index in [-0.39, 0.29) is 12.3 Å². The van der Waals surface area contributed by atoms with Crippen molar-refractivity contribution in [3.8, 4) is 0 Å². The van der Waals surface area contributed by atoms with Gasteiger partial charge in [-0.1, -0.05) is 32.0 Å². The fourth-order valence-electron chi connectivity index (χ4n) is 3.09. The number of carbonyl (C=O) groups excluding carboxylic acids is 3. The number of rotatable bonds is 10. The minimum atomic E-state index is -1.19. The molecule has 2 aromatic rings. The number of aromatic nitrogens is 1. The molecule has 2 rings (SSSR count). The van der Waals surface area contributed by atoms with Crippen molar-refractivity contribution in [3.05, 3.63) is 36.0 Å². The van der Waals surface area contributed by atoms with Crippen LogP contribution in [0.2, 0.25) is 0 Å². The number of carbonyl (C=O) groups is 4. The summed E-state index contributed by atoms with van der Waals surface area (Å²) < 4.78 is 0. The van der Waals surface area contributed by atoms with Crippen molar-refractivity contribution in [3.63, 3.8) is 0 Å². The molecule has 0 aliphatic carbocycles. The number of aromatic amines is 1. The molecule has 0 spiro atoms. The summed E-state index contributed by atoms with van der Waals surface area (Å²) in [6.45, 7) is 4.39. The topological polar surface area (TPSA) is 166 Å². The van der Waals surface area contributed by atoms with E-state index in [1.165, 1.54) is 6.92 Å². The molecule has 1 heterocycles. The van der Waals surface area contributed by atoms with Gasteiger partial charge in [0.1, 0.15) is 18.6 Å². The molecule has 10 nitrogen and oxygen atoms in total. The highest BCUT2D eigenvalue weighted by Crippen LogP contribution is 2.19. The van der Waals surface area contributed by atoms with Gasteiger partial charge in [0.25, 0.3) is 0 Å². The highest BCUT2D eigenvalue weighted by Gasteiger charge is 2.30. The summed E-state index contributed by atoms with van der Waals surface area (Å²) in [5.74, 6) is -3.19. The molecular weight excluding hydrogens is 402 g/mol. The molecule has 0 aliphatic heterocycles. The first-order valence-electron chi connectivity index (χ1n) is 10.0. The van der Waals surface area contributed by atoms with Crippen LogP contribution in [0.3, 0.4) is 0 Å². The number of nitrogens with one attached hydrogen (secondary N) is 4. The van der Waals surface area contributed by atoms with Gasteiger partial charge in [0.05, 0.1) is 6.04 Å². The Labute approximate surface area is 179 Å². The number of hydrogen-bond donors (Lipinski definition) is 6. The van der Waals surface area contributed by atoms with Gasteiger partial charge in [-0.3, -0.25) is 19.2 Å². The SMILES string of the molecule is CC(N)C(=O)NC(Cc1c[nH]c2ccccc12)C(=O)NC(C(=O)NCC(=O)O)C(C)C. The van der Waals surface area contributed by atoms with Crippen LogP contribution in [0.1, 0.15) is 26.3 Å². The lowest BCUT2D eigenvalue weighted by Crippen LogP contribution is -2.57. The van der Waals surface area contributed by atoms with E-state index in [0.29, 0.717) is 0 Å². The van der Waals surface area contributed by atoms with E-state index in [1.807, 2.05) is 24.3 Å². The maximum Gasteiger partial charge on any atom is 0.322 e. The molecule has 168 valence electrons. The second kappa shape index (κ2) is 10.6. The number of hydrogen-bond acceptors (Lipinski definition) is 5. The smallest absolute Gasteiger partial charge is 0.322 e. The van der Waals surface area contributed by atoms with E-state index < -0.39 is 48.4 Å². The van der Waals surface area contributed by atoms with Crippen molar-refractivity contribution < 1.29 is 24.3 Å². The molecule has 1 aromatic carbocycles. The standard InChI is InChI=1S/C21H29N5O5/c1-11(2)18(21(31)24-10-17(27)28)26-20(30)16(25-19(29)12(3)22)8-13-9-23-15-7-5-4-6-14(13)15/h4-7,9,11-12,16,18,23H,8,10,22H2,1-3H3,(H,24,31)(H,25,29)(H,26,30)(H,27,28). The molecule has 31 heavy (non-hydrogen) atoms. The summed E-state index contributed by atoms with van der Waals surface area (Å²) in [5.41, 5.74) is 7.35. The zero-order valence-corrected chi connectivity index (χ0v) is 17.8. The molecule has 7 N–H and O–H groups in total. The Morgan fingerprint density at radius 2 is 1.71 bits per heavy atom. The molecule has 0 fully saturated rings. The number of carboxylic acids is 1. The van der Waals surface area contributed by atoms with Crippen LogP contribution in [0.15, 0.2) is 30.5 Å². The first kappa shape index (κ1) is 23.9. The van der Waals surface area contributed by atoms with E-state index in [2.05, 4.69) is 20.9 Å². The van der Waals surface area contributed by atoms with E-state index in [4.69, 9.17) is 10.8 Å². The lowest BCUT2D eigenvalue weighted by atomic mass is 10.0. The quantitative estimate of drug-likeness (QED) is 0.307. The lowest BCUT2D eigenvalue weighted by molar-refractivity contribution is -0.139. The van der Waals surface area contributed by atoms with Crippen molar-refractivity contribution in [2.75, 3.05) is 6.54 Å². The van der Waals surface area contributed by atoms with Gasteiger partial charge >= 0.3 is 5.97 Å². The van der Waals surface area contributed by atoms with Crippen molar-refractivity contribution in [2.24, 2.45) is 11.7 Å². The Morgan fingerprint density at radius 3 is 2.32 bits per heavy atom. The number of carboxylic acid groups (broad SMARTS) is 1. The summed E-state index contributed by atoms with van der Waals surface area (Å²) in [7, 11) is 0. The number of benzene rings is 1. The first-order valence-corrected chi connectivity index (χ1v) is 10.0. The Bertz CT molecular complexity index is 953. The second-order valence-corrected chi connectivity index (χ2v) is 7.76. The molecule has 3 atom stereocenters. The Morgan fingerprint density at radius 1 is 1.03 bits per heavy atom. The van der Waals surface area contributed by atoms with Gasteiger partial charge < -0.3 is 31.8 Å². The largest absolute Gasteiger partial charge is 0.480 e. The van der Waals surface area contributed by atoms with Crippen LogP contribution in [0.4, 0.5) is 0 Å². The normalized spacial score (nSPS) is 14.0. The van der Waals surface area contributed by atoms with Gasteiger partial charge in [0.2, 0.25) is 17.7 Å². The molecule has 0 aliphatic rings. The highest BCUT2D eigenvalue weighted by atomic mass is 16.4. The Balaban J connectivity index is 2.23. The number of aliphatic carboxylic acids is 1. The predicted octanol–water partition coefficient (Wildman–Crippen LogP) is -0.116. The van der Waals surface area contributed by atoms with Crippen LogP contribution in [-0.4, -0.2) is 58.5 Å². The molecule has 1 aromatic heterocycles. The van der Waals surface area contributed by atoms with Crippen LogP contribution in [0.25, 0.3) is 10.9 Å². The highest BCUT2D eigenvalue weighted by molar-refractivity contribution is 5.94. The molecule has 10 heteroatoms. The summed E-state index contributed by atoms with van der Waals surface area (Å²) >= 11 is 0. The van der Waals surface area contributed by atoms with Crippen molar-refractivity contribution in [2.45, 2.75) is 45.3 Å². The van der Waals surface area contributed by atoms with Gasteiger partial charge in [-0.2, -0.15) is 0 Å². The lowest BCUT2D eigenvalue weighted by Gasteiger charge is -2.25. The predicted molar refractivity (Wildman–Crippen MR) is 115 cm³/mol. The third-order valence-corrected chi connectivity index (χ3v) is 4.81. The van der Waals surface area contributed by atoms with Gasteiger partial charge in [0, 0.05) is 23.5 Å². The van der Waals surface area contributed by atoms with Crippen molar-refractivity contribution >= 4 is 34.6 Å². The minimum absolute atomic E-state index is 0.176. The van der Waals surface area contributed by atoms with E-state index in [1.54, 1.807) is 20.0 Å². The van der Waals surface area contributed by atoms with Gasteiger partial charge in [-0.25, -0.2) is 0 Å². The molecule has 0 radical (unpaired) electrons. The van der Waals surface area contributed by atoms with Gasteiger partial charge in [-0.15, -0.1) is 0 Å². The number of nitrogens with two attached hydrogens (primary N) is 1. The molecule has 0 saturated carbocycles. The Hall–Kier alpha value is -3.40. The zero-order chi connectivity index (χ0) is 23.1. The number of fused-ring (bicyclic) bond motifs is 1. The maximum absolute atomic E-state index is 13.0. The fraction of sp³-hybridized carbons (Fsp3) is 0.429. The summed E-state index contributed by atoms with van der Waals surface area (Å²) in [4.78, 5) is 51.5. The molecule has 3 unspecified atom stereocenters. The molecule has 0 bridgehead atoms. The van der Waals surface area contributed by atoms with Crippen LogP contribution >= 0.6 is 0 Å². The van der Waals surface area contributed by atoms with Gasteiger partial charge in [-0.05, 0) is 24.5 Å². The van der Waals surface area contributed by atoms with Crippen LogP contribution in [-0.2, 0) is 25.6 Å². The monoisotopic (exact) mass is 431 g/mol. The zero-order valence-electron chi connectivity index (χ0n) is 17.8. The van der Waals surface area contributed by atoms with Crippen LogP contribution in [0, 0.1) is 5.92 Å². The summed E-state index contributed by atoms with van der Waals surface area (Å²) in [5, 5.41) is 17.2. The fourth-order valence-corrected chi connectivity index (χ4v) is 3.09. The number of H-pyrrole nitrogens is 1. The number of amides is 3. The van der Waals surface area contributed by atoms with E-state index in [9.17, 15) is 19.2 Å². The Kier molecular flexibility index (Phi) is 8.14. The minimum Gasteiger partial charge on any atom is -0.480 e. The molecular formula is C21H29N5O5. The number of para-hydroxylation sites is 1. The van der Waals surface area contributed by atoms with Crippen molar-refractivity contribution in [1.82, 2.24) is 20.9 Å². The van der Waals surface area contributed by atoms with E-state index in [0.717, 1.165) is 16.5 Å². The third-order valence-electron chi connectivity index (χ3n) is 4.81. The first-order chi connectivity index (χ1) is 14.6. The molecule has 0 saturated heterocycles. The summed E-state index contributed by atoms with van der Waals surface area (Å²) in [6, 6.07) is 4.79. The van der Waals surface area contributed by atoms with Gasteiger partial charge in [0.15, 0.2) is 0 Å².